The molecule has 1 aromatic heterocycles. The lowest BCUT2D eigenvalue weighted by molar-refractivity contribution is 0.0951. The van der Waals surface area contributed by atoms with E-state index in [2.05, 4.69) is 10.3 Å². The van der Waals surface area contributed by atoms with Crippen LogP contribution in [-0.4, -0.2) is 22.7 Å². The first-order valence-corrected chi connectivity index (χ1v) is 7.13. The normalized spacial score (nSPS) is 10.1. The van der Waals surface area contributed by atoms with Crippen molar-refractivity contribution in [3.8, 4) is 5.75 Å². The van der Waals surface area contributed by atoms with Crippen molar-refractivity contribution in [2.24, 2.45) is 0 Å². The number of pyridine rings is 1. The summed E-state index contributed by atoms with van der Waals surface area (Å²) in [6, 6.07) is 8.24. The molecule has 0 fully saturated rings. The molecule has 0 aliphatic carbocycles. The zero-order chi connectivity index (χ0) is 15.9. The highest BCUT2D eigenvalue weighted by Gasteiger charge is 2.14. The van der Waals surface area contributed by atoms with E-state index in [0.717, 1.165) is 5.56 Å². The van der Waals surface area contributed by atoms with Gasteiger partial charge in [0.05, 0.1) is 12.2 Å². The number of nitrogens with zero attached hydrogens (tertiary/aromatic N) is 1. The molecular weight excluding hydrogens is 304 g/mol. The minimum Gasteiger partial charge on any atom is -0.493 e. The zero-order valence-electron chi connectivity index (χ0n) is 12.0. The van der Waals surface area contributed by atoms with Crippen molar-refractivity contribution in [3.63, 3.8) is 0 Å². The number of halogens is 1. The number of hydrogen-bond donors (Lipinski definition) is 1. The van der Waals surface area contributed by atoms with Crippen LogP contribution in [0.15, 0.2) is 42.7 Å². The lowest BCUT2D eigenvalue weighted by Gasteiger charge is -2.10. The molecule has 0 atom stereocenters. The molecule has 2 rings (SSSR count). The van der Waals surface area contributed by atoms with Crippen LogP contribution in [-0.2, 0) is 6.54 Å². The maximum atomic E-state index is 12.1. The third-order valence-electron chi connectivity index (χ3n) is 2.93. The molecule has 6 heteroatoms. The van der Waals surface area contributed by atoms with Gasteiger partial charge in [0, 0.05) is 24.5 Å². The Hall–Kier alpha value is -2.40. The summed E-state index contributed by atoms with van der Waals surface area (Å²) in [6.45, 7) is 2.56. The molecule has 1 heterocycles. The van der Waals surface area contributed by atoms with E-state index in [-0.39, 0.29) is 11.5 Å². The molecule has 0 aliphatic heterocycles. The van der Waals surface area contributed by atoms with Crippen LogP contribution in [0.2, 0.25) is 0 Å². The number of nitrogens with one attached hydrogen (secondary N) is 1. The second kappa shape index (κ2) is 7.56. The SMILES string of the molecule is CCOc1ccc(C(=O)NCc2cccnc2)cc1C(=O)Cl. The average molecular weight is 319 g/mol. The molecule has 114 valence electrons. The van der Waals surface area contributed by atoms with E-state index < -0.39 is 5.24 Å². The van der Waals surface area contributed by atoms with Gasteiger partial charge in [0.1, 0.15) is 5.75 Å². The quantitative estimate of drug-likeness (QED) is 0.832. The van der Waals surface area contributed by atoms with Crippen molar-refractivity contribution < 1.29 is 14.3 Å². The van der Waals surface area contributed by atoms with Crippen LogP contribution in [0.5, 0.6) is 5.75 Å². The van der Waals surface area contributed by atoms with Crippen LogP contribution in [0.3, 0.4) is 0 Å². The molecule has 5 nitrogen and oxygen atoms in total. The third kappa shape index (κ3) is 4.05. The summed E-state index contributed by atoms with van der Waals surface area (Å²) in [7, 11) is 0. The Bertz CT molecular complexity index is 674. The van der Waals surface area contributed by atoms with Crippen molar-refractivity contribution in [3.05, 3.63) is 59.4 Å². The van der Waals surface area contributed by atoms with Gasteiger partial charge in [0.2, 0.25) is 0 Å². The van der Waals surface area contributed by atoms with Gasteiger partial charge in [-0.3, -0.25) is 14.6 Å². The van der Waals surface area contributed by atoms with Gasteiger partial charge < -0.3 is 10.1 Å². The van der Waals surface area contributed by atoms with E-state index in [4.69, 9.17) is 16.3 Å². The van der Waals surface area contributed by atoms with Gasteiger partial charge in [-0.2, -0.15) is 0 Å². The molecule has 0 saturated carbocycles. The number of ether oxygens (including phenoxy) is 1. The first-order valence-electron chi connectivity index (χ1n) is 6.75. The Labute approximate surface area is 133 Å². The predicted molar refractivity (Wildman–Crippen MR) is 83.2 cm³/mol. The molecule has 1 N–H and O–H groups in total. The van der Waals surface area contributed by atoms with Crippen molar-refractivity contribution in [1.29, 1.82) is 0 Å². The van der Waals surface area contributed by atoms with Crippen molar-refractivity contribution >= 4 is 22.8 Å². The number of amides is 1. The Morgan fingerprint density at radius 1 is 1.32 bits per heavy atom. The van der Waals surface area contributed by atoms with E-state index in [1.54, 1.807) is 37.5 Å². The highest BCUT2D eigenvalue weighted by atomic mass is 35.5. The van der Waals surface area contributed by atoms with Crippen molar-refractivity contribution in [2.45, 2.75) is 13.5 Å². The fourth-order valence-corrected chi connectivity index (χ4v) is 2.04. The highest BCUT2D eigenvalue weighted by Crippen LogP contribution is 2.22. The molecule has 2 aromatic rings. The summed E-state index contributed by atoms with van der Waals surface area (Å²) in [4.78, 5) is 27.6. The number of hydrogen-bond acceptors (Lipinski definition) is 4. The van der Waals surface area contributed by atoms with Crippen LogP contribution in [0, 0.1) is 0 Å². The fourth-order valence-electron chi connectivity index (χ4n) is 1.89. The predicted octanol–water partition coefficient (Wildman–Crippen LogP) is 2.79. The molecule has 1 aromatic carbocycles. The van der Waals surface area contributed by atoms with Gasteiger partial charge >= 0.3 is 0 Å². The average Bonchev–Trinajstić information content (AvgIpc) is 2.54. The molecule has 0 saturated heterocycles. The number of aromatic nitrogens is 1. The first kappa shape index (κ1) is 16.0. The summed E-state index contributed by atoms with van der Waals surface area (Å²) in [5.74, 6) is 0.0670. The van der Waals surface area contributed by atoms with E-state index in [1.807, 2.05) is 6.07 Å². The van der Waals surface area contributed by atoms with Gasteiger partial charge in [-0.1, -0.05) is 6.07 Å². The van der Waals surface area contributed by atoms with Gasteiger partial charge in [0.15, 0.2) is 0 Å². The van der Waals surface area contributed by atoms with Crippen molar-refractivity contribution in [2.75, 3.05) is 6.61 Å². The van der Waals surface area contributed by atoms with Crippen LogP contribution in [0.1, 0.15) is 33.2 Å². The third-order valence-corrected chi connectivity index (χ3v) is 3.13. The molecular formula is C16H15ClN2O3. The molecule has 0 radical (unpaired) electrons. The second-order valence-corrected chi connectivity index (χ2v) is 4.80. The highest BCUT2D eigenvalue weighted by molar-refractivity contribution is 6.68. The topological polar surface area (TPSA) is 68.3 Å². The lowest BCUT2D eigenvalue weighted by atomic mass is 10.1. The van der Waals surface area contributed by atoms with E-state index >= 15 is 0 Å². The number of carbonyl (C=O) groups is 2. The standard InChI is InChI=1S/C16H15ClN2O3/c1-2-22-14-6-5-12(8-13(14)15(17)20)16(21)19-10-11-4-3-7-18-9-11/h3-9H,2,10H2,1H3,(H,19,21). The van der Waals surface area contributed by atoms with E-state index in [9.17, 15) is 9.59 Å². The summed E-state index contributed by atoms with van der Waals surface area (Å²) in [5, 5.41) is 2.10. The Balaban J connectivity index is 2.12. The maximum Gasteiger partial charge on any atom is 0.256 e. The summed E-state index contributed by atoms with van der Waals surface area (Å²) in [5.41, 5.74) is 1.41. The number of benzene rings is 1. The molecule has 0 spiro atoms. The Morgan fingerprint density at radius 3 is 2.77 bits per heavy atom. The fraction of sp³-hybridized carbons (Fsp3) is 0.188. The number of carbonyl (C=O) groups excluding carboxylic acids is 2. The summed E-state index contributed by atoms with van der Waals surface area (Å²) < 4.78 is 5.32. The smallest absolute Gasteiger partial charge is 0.256 e. The Kier molecular flexibility index (Phi) is 5.49. The minimum absolute atomic E-state index is 0.178. The van der Waals surface area contributed by atoms with E-state index in [1.165, 1.54) is 6.07 Å². The first-order chi connectivity index (χ1) is 10.6. The van der Waals surface area contributed by atoms with Gasteiger partial charge in [-0.15, -0.1) is 0 Å². The molecule has 0 bridgehead atoms. The molecule has 0 unspecified atom stereocenters. The van der Waals surface area contributed by atoms with E-state index in [0.29, 0.717) is 24.5 Å². The summed E-state index contributed by atoms with van der Waals surface area (Å²) in [6.07, 6.45) is 3.34. The molecule has 1 amide bonds. The second-order valence-electron chi connectivity index (χ2n) is 4.46. The largest absolute Gasteiger partial charge is 0.493 e. The zero-order valence-corrected chi connectivity index (χ0v) is 12.8. The monoisotopic (exact) mass is 318 g/mol. The van der Waals surface area contributed by atoms with Crippen LogP contribution in [0.25, 0.3) is 0 Å². The maximum absolute atomic E-state index is 12.1. The summed E-state index contributed by atoms with van der Waals surface area (Å²) >= 11 is 5.53. The van der Waals surface area contributed by atoms with Crippen LogP contribution < -0.4 is 10.1 Å². The molecule has 22 heavy (non-hydrogen) atoms. The Morgan fingerprint density at radius 2 is 2.14 bits per heavy atom. The van der Waals surface area contributed by atoms with Crippen molar-refractivity contribution in [1.82, 2.24) is 10.3 Å². The van der Waals surface area contributed by atoms with Gasteiger partial charge in [-0.05, 0) is 48.4 Å². The van der Waals surface area contributed by atoms with Gasteiger partial charge in [-0.25, -0.2) is 0 Å². The van der Waals surface area contributed by atoms with Crippen LogP contribution in [0.4, 0.5) is 0 Å². The minimum atomic E-state index is -0.662. The van der Waals surface area contributed by atoms with Crippen LogP contribution >= 0.6 is 11.6 Å². The van der Waals surface area contributed by atoms with Gasteiger partial charge in [0.25, 0.3) is 11.1 Å². The lowest BCUT2D eigenvalue weighted by Crippen LogP contribution is -2.23. The number of rotatable bonds is 6. The molecule has 0 aliphatic rings.